The van der Waals surface area contributed by atoms with Gasteiger partial charge in [0.25, 0.3) is 0 Å². The molecule has 0 aromatic heterocycles. The molecule has 2 aromatic carbocycles. The molecule has 0 aliphatic carbocycles. The van der Waals surface area contributed by atoms with Crippen LogP contribution in [0.1, 0.15) is 75.3 Å². The maximum atomic E-state index is 13.6. The fraction of sp³-hybridized carbons (Fsp3) is 0.500. The van der Waals surface area contributed by atoms with Gasteiger partial charge in [-0.3, -0.25) is 14.4 Å². The highest BCUT2D eigenvalue weighted by atomic mass is 16.5. The van der Waals surface area contributed by atoms with E-state index in [1.165, 1.54) is 0 Å². The lowest BCUT2D eigenvalue weighted by Crippen LogP contribution is -2.44. The first-order valence-corrected chi connectivity index (χ1v) is 17.9. The first-order chi connectivity index (χ1) is 24.3. The van der Waals surface area contributed by atoms with Crippen LogP contribution in [0.25, 0.3) is 0 Å². The number of benzene rings is 2. The van der Waals surface area contributed by atoms with Crippen molar-refractivity contribution in [1.82, 2.24) is 15.5 Å². The van der Waals surface area contributed by atoms with E-state index >= 15 is 0 Å². The van der Waals surface area contributed by atoms with Gasteiger partial charge in [0.2, 0.25) is 11.8 Å². The number of aliphatic hydroxyl groups excluding tert-OH is 1. The smallest absolute Gasteiger partial charge is 0.407 e. The van der Waals surface area contributed by atoms with Crippen LogP contribution in [-0.4, -0.2) is 72.3 Å². The summed E-state index contributed by atoms with van der Waals surface area (Å²) >= 11 is 0. The molecule has 1 fully saturated rings. The summed E-state index contributed by atoms with van der Waals surface area (Å²) in [5.74, 6) is -1.79. The number of hydrogen-bond acceptors (Lipinski definition) is 7. The number of aliphatic hydroxyl groups is 1. The van der Waals surface area contributed by atoms with E-state index in [0.717, 1.165) is 36.8 Å². The van der Waals surface area contributed by atoms with Crippen molar-refractivity contribution in [3.63, 3.8) is 0 Å². The van der Waals surface area contributed by atoms with Gasteiger partial charge in [-0.1, -0.05) is 72.8 Å². The lowest BCUT2D eigenvalue weighted by atomic mass is 9.94. The third-order valence-corrected chi connectivity index (χ3v) is 9.00. The van der Waals surface area contributed by atoms with Gasteiger partial charge in [0.05, 0.1) is 30.5 Å². The average molecular weight is 690 g/mol. The van der Waals surface area contributed by atoms with Crippen molar-refractivity contribution < 1.29 is 33.8 Å². The Morgan fingerprint density at radius 2 is 1.62 bits per heavy atom. The molecule has 1 saturated heterocycles. The van der Waals surface area contributed by atoms with Crippen molar-refractivity contribution in [3.05, 3.63) is 97.1 Å². The molecule has 0 saturated carbocycles. The molecule has 2 aromatic rings. The Labute approximate surface area is 297 Å². The highest BCUT2D eigenvalue weighted by molar-refractivity contribution is 5.86. The van der Waals surface area contributed by atoms with Gasteiger partial charge in [0.15, 0.2) is 0 Å². The molecule has 272 valence electrons. The standard InChI is InChI=1S/C40H55N3O7/c1-3-5-8-21-34(26-31-17-9-6-10-18-31)39(47)49-30-35(22-13-14-24-41-40(48)50-29-32-19-11-7-12-20-32)42-38(46)33(16-4-2)27-37(45)43-25-15-23-36(43)28-44/h3-4,6-7,9-12,17-20,33-36,44H,1-2,5,8,13-16,21-30H2,(H,41,48)(H,42,46)/t33-,34-,35+,36+/m1/s1. The Morgan fingerprint density at radius 3 is 2.30 bits per heavy atom. The number of unbranched alkanes of at least 4 members (excludes halogenated alkanes) is 2. The van der Waals surface area contributed by atoms with Crippen LogP contribution in [-0.2, 0) is 36.9 Å². The number of allylic oxidation sites excluding steroid dienone is 2. The van der Waals surface area contributed by atoms with Gasteiger partial charge in [-0.2, -0.15) is 0 Å². The summed E-state index contributed by atoms with van der Waals surface area (Å²) in [5.41, 5.74) is 1.94. The van der Waals surface area contributed by atoms with Crippen LogP contribution >= 0.6 is 0 Å². The third kappa shape index (κ3) is 14.6. The number of nitrogens with one attached hydrogen (secondary N) is 2. The second-order valence-corrected chi connectivity index (χ2v) is 12.9. The third-order valence-electron chi connectivity index (χ3n) is 9.00. The molecule has 3 amide bonds. The van der Waals surface area contributed by atoms with Crippen molar-refractivity contribution in [2.24, 2.45) is 11.8 Å². The molecule has 1 heterocycles. The molecule has 0 spiro atoms. The van der Waals surface area contributed by atoms with E-state index in [-0.39, 0.29) is 56.0 Å². The van der Waals surface area contributed by atoms with E-state index in [9.17, 15) is 24.3 Å². The number of carbonyl (C=O) groups excluding carboxylic acids is 4. The van der Waals surface area contributed by atoms with Gasteiger partial charge in [-0.15, -0.1) is 13.2 Å². The number of alkyl carbamates (subject to hydrolysis) is 1. The Kier molecular flexibility index (Phi) is 18.4. The minimum absolute atomic E-state index is 0.00166. The number of ether oxygens (including phenoxy) is 2. The highest BCUT2D eigenvalue weighted by Crippen LogP contribution is 2.22. The molecule has 50 heavy (non-hydrogen) atoms. The second-order valence-electron chi connectivity index (χ2n) is 12.9. The molecule has 3 N–H and O–H groups in total. The molecule has 1 aliphatic heterocycles. The number of amides is 3. The molecule has 1 aliphatic rings. The van der Waals surface area contributed by atoms with E-state index in [1.54, 1.807) is 11.0 Å². The number of carbonyl (C=O) groups is 4. The van der Waals surface area contributed by atoms with Crippen molar-refractivity contribution in [3.8, 4) is 0 Å². The van der Waals surface area contributed by atoms with Crippen molar-refractivity contribution in [2.45, 2.75) is 89.3 Å². The number of likely N-dealkylation sites (tertiary alicyclic amines) is 1. The Morgan fingerprint density at radius 1 is 0.900 bits per heavy atom. The lowest BCUT2D eigenvalue weighted by Gasteiger charge is -2.26. The summed E-state index contributed by atoms with van der Waals surface area (Å²) in [6.45, 7) is 8.59. The molecular weight excluding hydrogens is 634 g/mol. The maximum Gasteiger partial charge on any atom is 0.407 e. The van der Waals surface area contributed by atoms with Crippen LogP contribution in [0.3, 0.4) is 0 Å². The van der Waals surface area contributed by atoms with Crippen molar-refractivity contribution in [1.29, 1.82) is 0 Å². The number of esters is 1. The van der Waals surface area contributed by atoms with Gasteiger partial charge in [0.1, 0.15) is 13.2 Å². The molecule has 10 heteroatoms. The number of rotatable bonds is 23. The van der Waals surface area contributed by atoms with Crippen LogP contribution in [0.5, 0.6) is 0 Å². The van der Waals surface area contributed by atoms with Gasteiger partial charge < -0.3 is 30.1 Å². The molecule has 0 bridgehead atoms. The topological polar surface area (TPSA) is 134 Å². The molecule has 0 unspecified atom stereocenters. The molecular formula is C40H55N3O7. The zero-order valence-corrected chi connectivity index (χ0v) is 29.3. The van der Waals surface area contributed by atoms with Crippen molar-refractivity contribution >= 4 is 23.9 Å². The largest absolute Gasteiger partial charge is 0.463 e. The molecule has 4 atom stereocenters. The summed E-state index contributed by atoms with van der Waals surface area (Å²) < 4.78 is 11.2. The normalized spacial score (nSPS) is 15.7. The van der Waals surface area contributed by atoms with Crippen LogP contribution in [0.15, 0.2) is 86.0 Å². The van der Waals surface area contributed by atoms with Crippen LogP contribution in [0.4, 0.5) is 4.79 Å². The van der Waals surface area contributed by atoms with Gasteiger partial charge in [-0.05, 0) is 75.3 Å². The predicted molar refractivity (Wildman–Crippen MR) is 194 cm³/mol. The van der Waals surface area contributed by atoms with Crippen LogP contribution < -0.4 is 10.6 Å². The number of nitrogens with zero attached hydrogens (tertiary/aromatic N) is 1. The Hall–Kier alpha value is -4.44. The average Bonchev–Trinajstić information content (AvgIpc) is 3.62. The molecule has 0 radical (unpaired) electrons. The second kappa shape index (κ2) is 23.1. The Bertz CT molecular complexity index is 1340. The van der Waals surface area contributed by atoms with E-state index < -0.39 is 18.1 Å². The summed E-state index contributed by atoms with van der Waals surface area (Å²) in [7, 11) is 0. The van der Waals surface area contributed by atoms with Crippen LogP contribution in [0, 0.1) is 11.8 Å². The molecule has 3 rings (SSSR count). The van der Waals surface area contributed by atoms with Crippen LogP contribution in [0.2, 0.25) is 0 Å². The minimum atomic E-state index is -0.649. The fourth-order valence-electron chi connectivity index (χ4n) is 6.17. The summed E-state index contributed by atoms with van der Waals surface area (Å²) in [5, 5.41) is 15.5. The Balaban J connectivity index is 1.60. The quantitative estimate of drug-likeness (QED) is 0.0753. The zero-order chi connectivity index (χ0) is 36.0. The molecule has 10 nitrogen and oxygen atoms in total. The lowest BCUT2D eigenvalue weighted by molar-refractivity contribution is -0.150. The van der Waals surface area contributed by atoms with Gasteiger partial charge in [0, 0.05) is 19.5 Å². The highest BCUT2D eigenvalue weighted by Gasteiger charge is 2.32. The monoisotopic (exact) mass is 689 g/mol. The SMILES string of the molecule is C=CCCC[C@H](Cc1ccccc1)C(=O)OC[C@H](CCCCNC(=O)OCc1ccccc1)NC(=O)[C@H](CC=C)CC(=O)N1CCC[C@H]1CO. The first-order valence-electron chi connectivity index (χ1n) is 17.9. The maximum absolute atomic E-state index is 13.6. The van der Waals surface area contributed by atoms with Crippen molar-refractivity contribution in [2.75, 3.05) is 26.3 Å². The number of hydrogen-bond donors (Lipinski definition) is 3. The minimum Gasteiger partial charge on any atom is -0.463 e. The predicted octanol–water partition coefficient (Wildman–Crippen LogP) is 5.89. The van der Waals surface area contributed by atoms with Gasteiger partial charge >= 0.3 is 12.1 Å². The summed E-state index contributed by atoms with van der Waals surface area (Å²) in [4.78, 5) is 54.0. The fourth-order valence-corrected chi connectivity index (χ4v) is 6.17. The van der Waals surface area contributed by atoms with E-state index in [1.807, 2.05) is 66.7 Å². The van der Waals surface area contributed by atoms with E-state index in [2.05, 4.69) is 23.8 Å². The summed E-state index contributed by atoms with van der Waals surface area (Å²) in [6.07, 6.45) is 9.37. The van der Waals surface area contributed by atoms with E-state index in [4.69, 9.17) is 9.47 Å². The first kappa shape index (κ1) is 40.0. The van der Waals surface area contributed by atoms with Gasteiger partial charge in [-0.25, -0.2) is 4.79 Å². The zero-order valence-electron chi connectivity index (χ0n) is 29.3. The summed E-state index contributed by atoms with van der Waals surface area (Å²) in [6, 6.07) is 18.5. The van der Waals surface area contributed by atoms with E-state index in [0.29, 0.717) is 51.6 Å².